The Hall–Kier alpha value is -3.16. The van der Waals surface area contributed by atoms with Gasteiger partial charge in [-0.25, -0.2) is 18.7 Å². The number of carbonyl (C=O) groups excluding carboxylic acids is 2. The molecule has 230 valence electrons. The zero-order valence-electron chi connectivity index (χ0n) is 24.6. The fourth-order valence-corrected chi connectivity index (χ4v) is 6.60. The third-order valence-corrected chi connectivity index (χ3v) is 8.88. The zero-order chi connectivity index (χ0) is 30.6. The van der Waals surface area contributed by atoms with Crippen molar-refractivity contribution in [1.82, 2.24) is 9.62 Å². The number of carbonyl (C=O) groups is 2. The van der Waals surface area contributed by atoms with Gasteiger partial charge >= 0.3 is 12.1 Å². The number of fused-ring (bicyclic) bond motifs is 2. The highest BCUT2D eigenvalue weighted by molar-refractivity contribution is 7.89. The second-order valence-corrected chi connectivity index (χ2v) is 14.3. The average Bonchev–Trinajstić information content (AvgIpc) is 3.58. The van der Waals surface area contributed by atoms with Crippen LogP contribution in [0.5, 0.6) is 0 Å². The van der Waals surface area contributed by atoms with Gasteiger partial charge in [0.05, 0.1) is 24.8 Å². The van der Waals surface area contributed by atoms with Crippen LogP contribution < -0.4 is 10.0 Å². The van der Waals surface area contributed by atoms with Crippen molar-refractivity contribution < 1.29 is 41.4 Å². The van der Waals surface area contributed by atoms with E-state index in [1.54, 1.807) is 20.8 Å². The van der Waals surface area contributed by atoms with Gasteiger partial charge in [0.2, 0.25) is 5.09 Å². The average molecular weight is 608 g/mol. The van der Waals surface area contributed by atoms with Gasteiger partial charge < -0.3 is 29.2 Å². The second-order valence-electron chi connectivity index (χ2n) is 12.6. The van der Waals surface area contributed by atoms with Gasteiger partial charge in [0.15, 0.2) is 0 Å². The maximum absolute atomic E-state index is 15.0. The number of anilines is 1. The molecule has 42 heavy (non-hydrogen) atoms. The number of sulfonamides is 1. The van der Waals surface area contributed by atoms with Crippen molar-refractivity contribution in [3.05, 3.63) is 45.5 Å². The van der Waals surface area contributed by atoms with Gasteiger partial charge in [0.1, 0.15) is 23.8 Å². The summed E-state index contributed by atoms with van der Waals surface area (Å²) in [5.41, 5.74) is 1.23. The lowest BCUT2D eigenvalue weighted by Crippen LogP contribution is -2.55. The molecule has 13 heteroatoms. The molecule has 1 fully saturated rings. The number of amides is 3. The van der Waals surface area contributed by atoms with Crippen molar-refractivity contribution in [3.63, 3.8) is 0 Å². The van der Waals surface area contributed by atoms with Crippen LogP contribution in [0.4, 0.5) is 19.7 Å². The summed E-state index contributed by atoms with van der Waals surface area (Å²) in [5.74, 6) is -0.120. The molecule has 1 aromatic heterocycles. The first-order valence-electron chi connectivity index (χ1n) is 14.2. The molecule has 0 radical (unpaired) electrons. The molecular formula is C29H38FN3O8S. The molecule has 1 aromatic carbocycles. The minimum atomic E-state index is -4.48. The maximum Gasteiger partial charge on any atom is 0.410 e. The normalized spacial score (nSPS) is 17.1. The number of furan rings is 1. The molecule has 0 spiro atoms. The van der Waals surface area contributed by atoms with Crippen LogP contribution in [0.3, 0.4) is 0 Å². The summed E-state index contributed by atoms with van der Waals surface area (Å²) < 4.78 is 60.1. The van der Waals surface area contributed by atoms with Crippen molar-refractivity contribution in [3.8, 4) is 0 Å². The number of benzene rings is 1. The van der Waals surface area contributed by atoms with E-state index in [0.29, 0.717) is 42.5 Å². The van der Waals surface area contributed by atoms with E-state index in [4.69, 9.17) is 13.9 Å². The third kappa shape index (κ3) is 6.13. The van der Waals surface area contributed by atoms with Crippen LogP contribution >= 0.6 is 0 Å². The van der Waals surface area contributed by atoms with Gasteiger partial charge in [-0.15, -0.1) is 0 Å². The highest BCUT2D eigenvalue weighted by Crippen LogP contribution is 2.41. The van der Waals surface area contributed by atoms with Crippen LogP contribution in [0.25, 0.3) is 0 Å². The number of hydrogen-bond acceptors (Lipinski definition) is 8. The first-order valence-corrected chi connectivity index (χ1v) is 15.7. The lowest BCUT2D eigenvalue weighted by atomic mass is 9.98. The quantitative estimate of drug-likeness (QED) is 0.423. The van der Waals surface area contributed by atoms with Crippen LogP contribution in [0.1, 0.15) is 81.0 Å². The van der Waals surface area contributed by atoms with E-state index in [9.17, 15) is 27.5 Å². The highest BCUT2D eigenvalue weighted by Gasteiger charge is 2.36. The molecule has 2 aromatic rings. The van der Waals surface area contributed by atoms with Gasteiger partial charge in [-0.2, -0.15) is 8.42 Å². The van der Waals surface area contributed by atoms with E-state index in [1.807, 2.05) is 4.72 Å². The lowest BCUT2D eigenvalue weighted by Gasteiger charge is -2.39. The van der Waals surface area contributed by atoms with E-state index < -0.39 is 38.4 Å². The van der Waals surface area contributed by atoms with Crippen LogP contribution in [0.15, 0.2) is 15.6 Å². The standard InChI is InChI=1S/C29H38FN3O8S/c1-28(2,3)41-27(35)33-13-16(14-33)39-15-22-21(29(4,5)36)12-23(40-22)42(37,38)32-26(34)31-25-19-10-6-8-17(19)24(30)18-9-7-11-20(18)25/h12,16,36H,6-11,13-15H2,1-5H3,(H2,31,32,34). The fraction of sp³-hybridized carbons (Fsp3) is 0.586. The molecule has 0 bridgehead atoms. The van der Waals surface area contributed by atoms with Gasteiger partial charge in [0.25, 0.3) is 10.0 Å². The number of ether oxygens (including phenoxy) is 2. The molecule has 1 saturated heterocycles. The number of nitrogens with one attached hydrogen (secondary N) is 2. The van der Waals surface area contributed by atoms with Gasteiger partial charge in [0, 0.05) is 17.3 Å². The summed E-state index contributed by atoms with van der Waals surface area (Å²) in [6.07, 6.45) is 3.12. The molecule has 3 amide bonds. The first-order chi connectivity index (χ1) is 19.5. The van der Waals surface area contributed by atoms with Crippen molar-refractivity contribution >= 4 is 27.8 Å². The molecule has 3 aliphatic rings. The molecule has 1 aliphatic heterocycles. The number of likely N-dealkylation sites (tertiary alicyclic amines) is 1. The van der Waals surface area contributed by atoms with Crippen LogP contribution in [-0.4, -0.2) is 55.3 Å². The summed E-state index contributed by atoms with van der Waals surface area (Å²) in [4.78, 5) is 26.6. The van der Waals surface area contributed by atoms with Crippen LogP contribution in [0, 0.1) is 5.82 Å². The summed E-state index contributed by atoms with van der Waals surface area (Å²) in [6.45, 7) is 8.69. The summed E-state index contributed by atoms with van der Waals surface area (Å²) in [7, 11) is -4.48. The van der Waals surface area contributed by atoms with Crippen molar-refractivity contribution in [2.45, 2.75) is 102 Å². The summed E-state index contributed by atoms with van der Waals surface area (Å²) in [6, 6.07) is 0.176. The Kier molecular flexibility index (Phi) is 7.82. The monoisotopic (exact) mass is 607 g/mol. The number of nitrogens with zero attached hydrogens (tertiary/aromatic N) is 1. The number of rotatable bonds is 7. The highest BCUT2D eigenvalue weighted by atomic mass is 32.2. The van der Waals surface area contributed by atoms with E-state index in [0.717, 1.165) is 30.0 Å². The maximum atomic E-state index is 15.0. The number of urea groups is 1. The fourth-order valence-electron chi connectivity index (χ4n) is 5.72. The van der Waals surface area contributed by atoms with E-state index in [2.05, 4.69) is 5.32 Å². The van der Waals surface area contributed by atoms with Gasteiger partial charge in [-0.3, -0.25) is 0 Å². The molecule has 0 saturated carbocycles. The molecule has 2 heterocycles. The van der Waals surface area contributed by atoms with Gasteiger partial charge in [-0.1, -0.05) is 0 Å². The summed E-state index contributed by atoms with van der Waals surface area (Å²) in [5, 5.41) is 12.8. The Labute approximate surface area is 244 Å². The first kappa shape index (κ1) is 30.3. The van der Waals surface area contributed by atoms with Crippen molar-refractivity contribution in [2.75, 3.05) is 18.4 Å². The second kappa shape index (κ2) is 10.8. The largest absolute Gasteiger partial charge is 0.445 e. The molecule has 0 atom stereocenters. The van der Waals surface area contributed by atoms with Crippen LogP contribution in [-0.2, 0) is 57.4 Å². The lowest BCUT2D eigenvalue weighted by molar-refractivity contribution is -0.0736. The Balaban J connectivity index is 1.27. The predicted molar refractivity (Wildman–Crippen MR) is 150 cm³/mol. The molecule has 2 aliphatic carbocycles. The Bertz CT molecular complexity index is 1480. The summed E-state index contributed by atoms with van der Waals surface area (Å²) >= 11 is 0. The van der Waals surface area contributed by atoms with E-state index in [-0.39, 0.29) is 42.9 Å². The van der Waals surface area contributed by atoms with E-state index in [1.165, 1.54) is 18.7 Å². The minimum absolute atomic E-state index is 0.0770. The van der Waals surface area contributed by atoms with E-state index >= 15 is 0 Å². The molecule has 3 N–H and O–H groups in total. The molecular weight excluding hydrogens is 569 g/mol. The number of hydrogen-bond donors (Lipinski definition) is 3. The molecule has 0 unspecified atom stereocenters. The Morgan fingerprint density at radius 1 is 1.05 bits per heavy atom. The number of halogens is 1. The molecule has 11 nitrogen and oxygen atoms in total. The number of aliphatic hydroxyl groups is 1. The predicted octanol–water partition coefficient (Wildman–Crippen LogP) is 4.27. The van der Waals surface area contributed by atoms with Crippen LogP contribution in [0.2, 0.25) is 0 Å². The van der Waals surface area contributed by atoms with Crippen molar-refractivity contribution in [1.29, 1.82) is 0 Å². The molecule has 5 rings (SSSR count). The third-order valence-electron chi connectivity index (χ3n) is 7.69. The smallest absolute Gasteiger partial charge is 0.410 e. The Morgan fingerprint density at radius 3 is 2.17 bits per heavy atom. The zero-order valence-corrected chi connectivity index (χ0v) is 25.4. The van der Waals surface area contributed by atoms with Crippen molar-refractivity contribution in [2.24, 2.45) is 0 Å². The minimum Gasteiger partial charge on any atom is -0.445 e. The SMILES string of the molecule is CC(C)(C)OC(=O)N1CC(OCc2oc(S(=O)(=O)NC(=O)Nc3c4c(c(F)c5c3CCC5)CCC4)cc2C(C)(C)O)C1. The van der Waals surface area contributed by atoms with Gasteiger partial charge in [-0.05, 0) is 95.4 Å². The Morgan fingerprint density at radius 2 is 1.62 bits per heavy atom. The topological polar surface area (TPSA) is 147 Å².